The van der Waals surface area contributed by atoms with Crippen LogP contribution in [-0.4, -0.2) is 27.8 Å². The van der Waals surface area contributed by atoms with E-state index in [1.807, 2.05) is 12.1 Å². The fraction of sp³-hybridized carbons (Fsp3) is 0.250. The number of benzene rings is 2. The van der Waals surface area contributed by atoms with E-state index in [0.29, 0.717) is 21.5 Å². The topological polar surface area (TPSA) is 46.5 Å². The van der Waals surface area contributed by atoms with Crippen molar-refractivity contribution in [3.8, 4) is 5.75 Å². The summed E-state index contributed by atoms with van der Waals surface area (Å²) in [6.07, 6.45) is -0.788. The summed E-state index contributed by atoms with van der Waals surface area (Å²) in [6, 6.07) is 14.0. The zero-order chi connectivity index (χ0) is 15.9. The van der Waals surface area contributed by atoms with Gasteiger partial charge >= 0.3 is 0 Å². The van der Waals surface area contributed by atoms with Crippen LogP contribution in [0.1, 0.15) is 5.56 Å². The van der Waals surface area contributed by atoms with Gasteiger partial charge in [-0.1, -0.05) is 35.3 Å². The van der Waals surface area contributed by atoms with E-state index in [1.54, 1.807) is 36.4 Å². The molecule has 0 bridgehead atoms. The normalized spacial score (nSPS) is 13.6. The number of hydrogen-bond acceptors (Lipinski definition) is 3. The summed E-state index contributed by atoms with van der Waals surface area (Å²) in [7, 11) is -1.16. The Labute approximate surface area is 142 Å². The second kappa shape index (κ2) is 8.53. The predicted molar refractivity (Wildman–Crippen MR) is 91.1 cm³/mol. The standard InChI is InChI=1S/C16H16Cl2O3S/c17-13-3-1-12(2-4-13)10-22(20)11-15(19)9-21-16-7-5-14(18)6-8-16/h1-8,15,19H,9-11H2/t15-,22+/m1/s1. The van der Waals surface area contributed by atoms with E-state index in [9.17, 15) is 9.32 Å². The van der Waals surface area contributed by atoms with E-state index in [-0.39, 0.29) is 12.4 Å². The second-order valence-corrected chi connectivity index (χ2v) is 7.17. The van der Waals surface area contributed by atoms with Gasteiger partial charge in [0.15, 0.2) is 0 Å². The lowest BCUT2D eigenvalue weighted by atomic mass is 10.2. The van der Waals surface area contributed by atoms with Gasteiger partial charge in [-0.05, 0) is 42.0 Å². The van der Waals surface area contributed by atoms with Crippen molar-refractivity contribution in [2.75, 3.05) is 12.4 Å². The molecule has 0 fully saturated rings. The van der Waals surface area contributed by atoms with Gasteiger partial charge in [-0.3, -0.25) is 4.21 Å². The van der Waals surface area contributed by atoms with Crippen LogP contribution in [0.4, 0.5) is 0 Å². The fourth-order valence-electron chi connectivity index (χ4n) is 1.81. The summed E-state index contributed by atoms with van der Waals surface area (Å²) >= 11 is 11.6. The fourth-order valence-corrected chi connectivity index (χ4v) is 3.27. The molecular weight excluding hydrogens is 343 g/mol. The molecule has 2 aromatic rings. The molecule has 0 radical (unpaired) electrons. The van der Waals surface area contributed by atoms with Crippen molar-refractivity contribution in [3.63, 3.8) is 0 Å². The average Bonchev–Trinajstić information content (AvgIpc) is 2.49. The van der Waals surface area contributed by atoms with Gasteiger partial charge in [0, 0.05) is 26.6 Å². The van der Waals surface area contributed by atoms with Crippen LogP contribution < -0.4 is 4.74 Å². The first-order valence-corrected chi connectivity index (χ1v) is 8.93. The Hall–Kier alpha value is -1.07. The van der Waals surface area contributed by atoms with E-state index in [4.69, 9.17) is 27.9 Å². The molecule has 0 amide bonds. The second-order valence-electron chi connectivity index (χ2n) is 4.80. The third kappa shape index (κ3) is 5.97. The Balaban J connectivity index is 1.76. The van der Waals surface area contributed by atoms with Crippen LogP contribution in [0.5, 0.6) is 5.75 Å². The molecule has 0 saturated heterocycles. The molecule has 0 aromatic heterocycles. The number of aliphatic hydroxyl groups is 1. The van der Waals surface area contributed by atoms with E-state index >= 15 is 0 Å². The van der Waals surface area contributed by atoms with Gasteiger partial charge in [-0.25, -0.2) is 0 Å². The van der Waals surface area contributed by atoms with E-state index in [0.717, 1.165) is 5.56 Å². The summed E-state index contributed by atoms with van der Waals surface area (Å²) in [6.45, 7) is 0.0913. The predicted octanol–water partition coefficient (Wildman–Crippen LogP) is 3.68. The van der Waals surface area contributed by atoms with Gasteiger partial charge in [0.2, 0.25) is 0 Å². The molecular formula is C16H16Cl2O3S. The molecule has 0 heterocycles. The van der Waals surface area contributed by atoms with Crippen LogP contribution in [0.15, 0.2) is 48.5 Å². The van der Waals surface area contributed by atoms with Crippen molar-refractivity contribution in [3.05, 3.63) is 64.1 Å². The van der Waals surface area contributed by atoms with Crippen molar-refractivity contribution >= 4 is 34.0 Å². The highest BCUT2D eigenvalue weighted by molar-refractivity contribution is 7.84. The van der Waals surface area contributed by atoms with Crippen molar-refractivity contribution < 1.29 is 14.1 Å². The highest BCUT2D eigenvalue weighted by Gasteiger charge is 2.11. The Kier molecular flexibility index (Phi) is 6.70. The zero-order valence-electron chi connectivity index (χ0n) is 11.7. The largest absolute Gasteiger partial charge is 0.491 e. The Morgan fingerprint density at radius 2 is 1.55 bits per heavy atom. The maximum atomic E-state index is 12.0. The quantitative estimate of drug-likeness (QED) is 0.820. The lowest BCUT2D eigenvalue weighted by Gasteiger charge is -2.12. The van der Waals surface area contributed by atoms with Crippen LogP contribution in [0.3, 0.4) is 0 Å². The summed E-state index contributed by atoms with van der Waals surface area (Å²) in [4.78, 5) is 0. The van der Waals surface area contributed by atoms with Crippen molar-refractivity contribution in [1.82, 2.24) is 0 Å². The molecule has 6 heteroatoms. The number of halogens is 2. The highest BCUT2D eigenvalue weighted by Crippen LogP contribution is 2.16. The maximum Gasteiger partial charge on any atom is 0.119 e. The van der Waals surface area contributed by atoms with E-state index in [2.05, 4.69) is 0 Å². The third-order valence-electron chi connectivity index (χ3n) is 2.88. The highest BCUT2D eigenvalue weighted by atomic mass is 35.5. The zero-order valence-corrected chi connectivity index (χ0v) is 14.1. The van der Waals surface area contributed by atoms with Gasteiger partial charge in [0.1, 0.15) is 12.4 Å². The van der Waals surface area contributed by atoms with Gasteiger partial charge in [-0.2, -0.15) is 0 Å². The van der Waals surface area contributed by atoms with E-state index in [1.165, 1.54) is 0 Å². The SMILES string of the molecule is O=[S@@](Cc1ccc(Cl)cc1)C[C@H](O)COc1ccc(Cl)cc1. The molecule has 0 spiro atoms. The molecule has 0 unspecified atom stereocenters. The van der Waals surface area contributed by atoms with Gasteiger partial charge in [0.05, 0.1) is 11.9 Å². The summed E-state index contributed by atoms with van der Waals surface area (Å²) in [5.74, 6) is 1.16. The first kappa shape index (κ1) is 17.3. The molecule has 2 rings (SSSR count). The average molecular weight is 359 g/mol. The number of rotatable bonds is 7. The van der Waals surface area contributed by atoms with Crippen LogP contribution in [0, 0.1) is 0 Å². The first-order valence-electron chi connectivity index (χ1n) is 6.69. The number of hydrogen-bond donors (Lipinski definition) is 1. The Morgan fingerprint density at radius 1 is 1.00 bits per heavy atom. The van der Waals surface area contributed by atoms with Gasteiger partial charge in [0.25, 0.3) is 0 Å². The van der Waals surface area contributed by atoms with Crippen LogP contribution >= 0.6 is 23.2 Å². The van der Waals surface area contributed by atoms with E-state index < -0.39 is 16.9 Å². The molecule has 0 aliphatic rings. The molecule has 0 saturated carbocycles. The summed E-state index contributed by atoms with van der Waals surface area (Å²) in [5.41, 5.74) is 0.925. The molecule has 1 N–H and O–H groups in total. The maximum absolute atomic E-state index is 12.0. The molecule has 2 aromatic carbocycles. The number of aliphatic hydroxyl groups excluding tert-OH is 1. The Bertz CT molecular complexity index is 614. The number of ether oxygens (including phenoxy) is 1. The van der Waals surface area contributed by atoms with Gasteiger partial charge in [-0.15, -0.1) is 0 Å². The molecule has 3 nitrogen and oxygen atoms in total. The van der Waals surface area contributed by atoms with Crippen molar-refractivity contribution in [2.24, 2.45) is 0 Å². The molecule has 118 valence electrons. The van der Waals surface area contributed by atoms with Crippen LogP contribution in [0.2, 0.25) is 10.0 Å². The minimum absolute atomic E-state index is 0.0913. The first-order chi connectivity index (χ1) is 10.5. The Morgan fingerprint density at radius 3 is 2.14 bits per heavy atom. The lowest BCUT2D eigenvalue weighted by Crippen LogP contribution is -2.24. The summed E-state index contributed by atoms with van der Waals surface area (Å²) in [5, 5.41) is 11.2. The van der Waals surface area contributed by atoms with Crippen LogP contribution in [-0.2, 0) is 16.6 Å². The lowest BCUT2D eigenvalue weighted by molar-refractivity contribution is 0.125. The molecule has 2 atom stereocenters. The van der Waals surface area contributed by atoms with Gasteiger partial charge < -0.3 is 9.84 Å². The third-order valence-corrected chi connectivity index (χ3v) is 4.79. The van der Waals surface area contributed by atoms with Crippen LogP contribution in [0.25, 0.3) is 0 Å². The molecule has 22 heavy (non-hydrogen) atoms. The van der Waals surface area contributed by atoms with Crippen molar-refractivity contribution in [2.45, 2.75) is 11.9 Å². The van der Waals surface area contributed by atoms with Crippen molar-refractivity contribution in [1.29, 1.82) is 0 Å². The minimum Gasteiger partial charge on any atom is -0.491 e. The summed E-state index contributed by atoms with van der Waals surface area (Å²) < 4.78 is 17.4. The molecule has 0 aliphatic carbocycles. The monoisotopic (exact) mass is 358 g/mol. The molecule has 0 aliphatic heterocycles. The smallest absolute Gasteiger partial charge is 0.119 e. The minimum atomic E-state index is -1.16.